The van der Waals surface area contributed by atoms with Crippen LogP contribution in [-0.2, 0) is 6.61 Å². The fourth-order valence-corrected chi connectivity index (χ4v) is 1.50. The van der Waals surface area contributed by atoms with Gasteiger partial charge in [0, 0.05) is 18.0 Å². The Kier molecular flexibility index (Phi) is 3.53. The summed E-state index contributed by atoms with van der Waals surface area (Å²) in [7, 11) is 0. The number of aliphatic hydroxyl groups excluding tert-OH is 1. The third-order valence-electron chi connectivity index (χ3n) is 2.33. The van der Waals surface area contributed by atoms with E-state index in [2.05, 4.69) is 4.98 Å². The van der Waals surface area contributed by atoms with Crippen LogP contribution in [0.1, 0.15) is 11.3 Å². The van der Waals surface area contributed by atoms with Crippen molar-refractivity contribution < 1.29 is 18.6 Å². The van der Waals surface area contributed by atoms with E-state index in [1.54, 1.807) is 13.0 Å². The number of aliphatic hydroxyl groups is 1. The molecule has 1 N–H and O–H groups in total. The van der Waals surface area contributed by atoms with Gasteiger partial charge in [-0.05, 0) is 30.7 Å². The highest BCUT2D eigenvalue weighted by Gasteiger charge is 2.13. The molecule has 0 spiro atoms. The van der Waals surface area contributed by atoms with Gasteiger partial charge in [-0.15, -0.1) is 0 Å². The fraction of sp³-hybridized carbons (Fsp3) is 0.154. The minimum absolute atomic E-state index is 0.156. The summed E-state index contributed by atoms with van der Waals surface area (Å²) in [4.78, 5) is 3.95. The van der Waals surface area contributed by atoms with Crippen molar-refractivity contribution in [3.8, 4) is 11.5 Å². The molecule has 0 aliphatic carbocycles. The van der Waals surface area contributed by atoms with Crippen LogP contribution in [0.2, 0.25) is 0 Å². The molecule has 1 aromatic heterocycles. The highest BCUT2D eigenvalue weighted by molar-refractivity contribution is 5.35. The number of hydrogen-bond acceptors (Lipinski definition) is 3. The molecule has 2 rings (SSSR count). The van der Waals surface area contributed by atoms with Crippen LogP contribution in [0.25, 0.3) is 0 Å². The maximum Gasteiger partial charge on any atom is 0.198 e. The first kappa shape index (κ1) is 12.4. The van der Waals surface area contributed by atoms with E-state index in [1.807, 2.05) is 0 Å². The molecule has 0 saturated carbocycles. The van der Waals surface area contributed by atoms with Gasteiger partial charge < -0.3 is 9.84 Å². The summed E-state index contributed by atoms with van der Waals surface area (Å²) in [6.45, 7) is 1.32. The van der Waals surface area contributed by atoms with Crippen LogP contribution in [0.3, 0.4) is 0 Å². The lowest BCUT2D eigenvalue weighted by Crippen LogP contribution is -1.96. The van der Waals surface area contributed by atoms with Crippen molar-refractivity contribution in [1.82, 2.24) is 4.98 Å². The van der Waals surface area contributed by atoms with E-state index in [1.165, 1.54) is 12.3 Å². The van der Waals surface area contributed by atoms with Gasteiger partial charge in [-0.25, -0.2) is 8.78 Å². The van der Waals surface area contributed by atoms with Gasteiger partial charge in [0.15, 0.2) is 17.4 Å². The summed E-state index contributed by atoms with van der Waals surface area (Å²) in [6, 6.07) is 5.14. The first-order chi connectivity index (χ1) is 8.60. The second kappa shape index (κ2) is 5.10. The monoisotopic (exact) mass is 252 g/mol. The van der Waals surface area contributed by atoms with Gasteiger partial charge in [-0.1, -0.05) is 0 Å². The molecule has 0 radical (unpaired) electrons. The molecular formula is C13H11F2NO2. The van der Waals surface area contributed by atoms with Crippen molar-refractivity contribution in [1.29, 1.82) is 0 Å². The zero-order chi connectivity index (χ0) is 13.1. The normalized spacial score (nSPS) is 10.4. The third-order valence-corrected chi connectivity index (χ3v) is 2.33. The molecule has 0 fully saturated rings. The Balaban J connectivity index is 2.35. The molecule has 1 aromatic carbocycles. The van der Waals surface area contributed by atoms with Gasteiger partial charge in [-0.3, -0.25) is 4.98 Å². The predicted molar refractivity (Wildman–Crippen MR) is 61.3 cm³/mol. The number of benzene rings is 1. The molecule has 2 aromatic rings. The number of pyridine rings is 1. The topological polar surface area (TPSA) is 42.4 Å². The largest absolute Gasteiger partial charge is 0.451 e. The number of aryl methyl sites for hydroxylation is 1. The molecule has 94 valence electrons. The summed E-state index contributed by atoms with van der Waals surface area (Å²) in [5.74, 6) is -1.89. The van der Waals surface area contributed by atoms with Crippen LogP contribution in [0, 0.1) is 18.6 Å². The van der Waals surface area contributed by atoms with Crippen molar-refractivity contribution in [2.24, 2.45) is 0 Å². The standard InChI is InChI=1S/C13H11F2NO2/c1-8-4-10(2-3-16-8)18-13-11(14)5-9(7-17)6-12(13)15/h2-6,17H,7H2,1H3/i7+1. The van der Waals surface area contributed by atoms with Crippen molar-refractivity contribution in [3.63, 3.8) is 0 Å². The van der Waals surface area contributed by atoms with Crippen LogP contribution in [-0.4, -0.2) is 10.1 Å². The van der Waals surface area contributed by atoms with E-state index in [0.29, 0.717) is 11.4 Å². The molecule has 18 heavy (non-hydrogen) atoms. The quantitative estimate of drug-likeness (QED) is 0.854. The molecule has 5 heteroatoms. The Labute approximate surface area is 103 Å². The third kappa shape index (κ3) is 2.62. The highest BCUT2D eigenvalue weighted by Crippen LogP contribution is 2.28. The molecule has 1 heterocycles. The maximum absolute atomic E-state index is 13.6. The van der Waals surface area contributed by atoms with Crippen molar-refractivity contribution >= 4 is 0 Å². The smallest absolute Gasteiger partial charge is 0.198 e. The molecule has 0 aliphatic heterocycles. The van der Waals surface area contributed by atoms with E-state index in [9.17, 15) is 8.78 Å². The summed E-state index contributed by atoms with van der Waals surface area (Å²) < 4.78 is 32.3. The zero-order valence-corrected chi connectivity index (χ0v) is 9.65. The van der Waals surface area contributed by atoms with E-state index < -0.39 is 24.0 Å². The van der Waals surface area contributed by atoms with Crippen LogP contribution >= 0.6 is 0 Å². The first-order valence-corrected chi connectivity index (χ1v) is 5.29. The summed E-state index contributed by atoms with van der Waals surface area (Å²) in [5.41, 5.74) is 0.837. The van der Waals surface area contributed by atoms with Crippen LogP contribution in [0.15, 0.2) is 30.5 Å². The molecule has 0 aliphatic rings. The average Bonchev–Trinajstić information content (AvgIpc) is 2.33. The zero-order valence-electron chi connectivity index (χ0n) is 9.65. The van der Waals surface area contributed by atoms with E-state index >= 15 is 0 Å². The number of aromatic nitrogens is 1. The fourth-order valence-electron chi connectivity index (χ4n) is 1.50. The maximum atomic E-state index is 13.6. The van der Waals surface area contributed by atoms with Crippen molar-refractivity contribution in [2.75, 3.05) is 0 Å². The highest BCUT2D eigenvalue weighted by atomic mass is 19.1. The molecule has 0 saturated heterocycles. The second-order valence-electron chi connectivity index (χ2n) is 3.78. The van der Waals surface area contributed by atoms with E-state index in [4.69, 9.17) is 9.84 Å². The Morgan fingerprint density at radius 3 is 2.44 bits per heavy atom. The Bertz CT molecular complexity index is 550. The lowest BCUT2D eigenvalue weighted by Gasteiger charge is -2.09. The molecule has 0 bridgehead atoms. The second-order valence-corrected chi connectivity index (χ2v) is 3.78. The van der Waals surface area contributed by atoms with Gasteiger partial charge in [0.2, 0.25) is 0 Å². The number of halogens is 2. The number of ether oxygens (including phenoxy) is 1. The summed E-state index contributed by atoms with van der Waals surface area (Å²) >= 11 is 0. The van der Waals surface area contributed by atoms with Crippen molar-refractivity contribution in [2.45, 2.75) is 13.5 Å². The molecule has 3 nitrogen and oxygen atoms in total. The molecule has 0 amide bonds. The molecule has 0 atom stereocenters. The van der Waals surface area contributed by atoms with E-state index in [0.717, 1.165) is 12.1 Å². The Morgan fingerprint density at radius 2 is 1.89 bits per heavy atom. The van der Waals surface area contributed by atoms with Crippen LogP contribution in [0.5, 0.6) is 11.5 Å². The van der Waals surface area contributed by atoms with Gasteiger partial charge >= 0.3 is 0 Å². The predicted octanol–water partition coefficient (Wildman–Crippen LogP) is 2.95. The number of hydrogen-bond donors (Lipinski definition) is 1. The molecular weight excluding hydrogens is 241 g/mol. The minimum atomic E-state index is -0.853. The Morgan fingerprint density at radius 1 is 1.22 bits per heavy atom. The lowest BCUT2D eigenvalue weighted by molar-refractivity contribution is 0.279. The van der Waals surface area contributed by atoms with Crippen molar-refractivity contribution in [3.05, 3.63) is 53.4 Å². The van der Waals surface area contributed by atoms with Gasteiger partial charge in [0.05, 0.1) is 6.61 Å². The Hall–Kier alpha value is -2.01. The number of nitrogens with zero attached hydrogens (tertiary/aromatic N) is 1. The molecule has 0 unspecified atom stereocenters. The van der Waals surface area contributed by atoms with E-state index in [-0.39, 0.29) is 5.56 Å². The van der Waals surface area contributed by atoms with Gasteiger partial charge in [-0.2, -0.15) is 0 Å². The average molecular weight is 252 g/mol. The number of rotatable bonds is 3. The summed E-state index contributed by atoms with van der Waals surface area (Å²) in [6.07, 6.45) is 1.49. The van der Waals surface area contributed by atoms with Gasteiger partial charge in [0.1, 0.15) is 5.75 Å². The van der Waals surface area contributed by atoms with Gasteiger partial charge in [0.25, 0.3) is 0 Å². The first-order valence-electron chi connectivity index (χ1n) is 5.29. The minimum Gasteiger partial charge on any atom is -0.451 e. The SMILES string of the molecule is Cc1cc(Oc2c(F)cc([13CH2]O)cc2F)ccn1. The lowest BCUT2D eigenvalue weighted by atomic mass is 10.2. The van der Waals surface area contributed by atoms with Crippen LogP contribution < -0.4 is 4.74 Å². The van der Waals surface area contributed by atoms with Crippen LogP contribution in [0.4, 0.5) is 8.78 Å². The summed E-state index contributed by atoms with van der Waals surface area (Å²) in [5, 5.41) is 8.82.